The molecule has 0 spiro atoms. The van der Waals surface area contributed by atoms with Crippen molar-refractivity contribution in [2.24, 2.45) is 0 Å². The molecular weight excluding hydrogens is 334 g/mol. The van der Waals surface area contributed by atoms with Crippen LogP contribution in [0.1, 0.15) is 31.4 Å². The van der Waals surface area contributed by atoms with E-state index >= 15 is 0 Å². The molecule has 1 fully saturated rings. The van der Waals surface area contributed by atoms with E-state index in [9.17, 15) is 0 Å². The van der Waals surface area contributed by atoms with Gasteiger partial charge >= 0.3 is 0 Å². The number of para-hydroxylation sites is 2. The van der Waals surface area contributed by atoms with Crippen molar-refractivity contribution >= 4 is 21.8 Å². The molecule has 1 aliphatic rings. The van der Waals surface area contributed by atoms with Crippen molar-refractivity contribution in [3.8, 4) is 5.69 Å². The molecular formula is C22H23N5. The Morgan fingerprint density at radius 2 is 1.41 bits per heavy atom. The number of hydrogen-bond donors (Lipinski definition) is 0. The average Bonchev–Trinajstić information content (AvgIpc) is 2.99. The summed E-state index contributed by atoms with van der Waals surface area (Å²) in [5.74, 6) is 0. The minimum Gasteiger partial charge on any atom is -0.297 e. The number of nitrogens with zero attached hydrogens (tertiary/aromatic N) is 5. The highest BCUT2D eigenvalue weighted by Crippen LogP contribution is 2.29. The summed E-state index contributed by atoms with van der Waals surface area (Å²) < 4.78 is 2.03. The summed E-state index contributed by atoms with van der Waals surface area (Å²) in [6, 6.07) is 16.6. The van der Waals surface area contributed by atoms with E-state index in [-0.39, 0.29) is 0 Å². The van der Waals surface area contributed by atoms with Gasteiger partial charge in [-0.15, -0.1) is 5.10 Å². The van der Waals surface area contributed by atoms with Crippen molar-refractivity contribution in [2.45, 2.75) is 32.2 Å². The molecule has 27 heavy (non-hydrogen) atoms. The Morgan fingerprint density at radius 3 is 2.07 bits per heavy atom. The molecule has 0 aliphatic carbocycles. The molecule has 0 unspecified atom stereocenters. The second-order valence-electron chi connectivity index (χ2n) is 7.32. The zero-order valence-electron chi connectivity index (χ0n) is 15.4. The smallest absolute Gasteiger partial charge is 0.0855 e. The van der Waals surface area contributed by atoms with Gasteiger partial charge in [-0.3, -0.25) is 4.90 Å². The van der Waals surface area contributed by atoms with Gasteiger partial charge in [-0.1, -0.05) is 54.5 Å². The Balaban J connectivity index is 1.66. The zero-order chi connectivity index (χ0) is 18.1. The van der Waals surface area contributed by atoms with Gasteiger partial charge in [0, 0.05) is 17.3 Å². The lowest BCUT2D eigenvalue weighted by Crippen LogP contribution is -2.25. The average molecular weight is 357 g/mol. The first-order chi connectivity index (χ1) is 13.4. The lowest BCUT2D eigenvalue weighted by molar-refractivity contribution is 0.271. The summed E-state index contributed by atoms with van der Waals surface area (Å²) in [6.45, 7) is 3.20. The van der Waals surface area contributed by atoms with Gasteiger partial charge in [0.15, 0.2) is 0 Å². The molecule has 2 aromatic carbocycles. The fraction of sp³-hybridized carbons (Fsp3) is 0.318. The molecule has 4 aromatic rings. The Morgan fingerprint density at radius 1 is 0.778 bits per heavy atom. The minimum absolute atomic E-state index is 0.887. The second kappa shape index (κ2) is 7.08. The van der Waals surface area contributed by atoms with Crippen LogP contribution in [0.25, 0.3) is 27.5 Å². The van der Waals surface area contributed by atoms with E-state index in [0.717, 1.165) is 52.8 Å². The molecule has 0 bridgehead atoms. The monoisotopic (exact) mass is 357 g/mol. The molecule has 0 atom stereocenters. The van der Waals surface area contributed by atoms with E-state index in [1.165, 1.54) is 25.7 Å². The highest BCUT2D eigenvalue weighted by atomic mass is 15.4. The number of aromatic nitrogens is 4. The van der Waals surface area contributed by atoms with Gasteiger partial charge in [-0.05, 0) is 38.1 Å². The number of benzene rings is 2. The normalized spacial score (nSPS) is 16.0. The molecule has 5 rings (SSSR count). The van der Waals surface area contributed by atoms with Crippen molar-refractivity contribution < 1.29 is 0 Å². The first-order valence-electron chi connectivity index (χ1n) is 9.80. The maximum atomic E-state index is 4.83. The standard InChI is InChI=1S/C22H23N5/c1-2-8-14-26(13-7-1)16-17-15-23-25-27(17)22-18-9-3-5-11-20(18)24-21-12-6-4-10-19(21)22/h3-6,9-12,15H,1-2,7-8,13-14,16H2. The molecule has 1 saturated heterocycles. The Bertz CT molecular complexity index is 1020. The largest absolute Gasteiger partial charge is 0.297 e. The van der Waals surface area contributed by atoms with Crippen molar-refractivity contribution in [3.05, 3.63) is 60.4 Å². The zero-order valence-corrected chi connectivity index (χ0v) is 15.4. The highest BCUT2D eigenvalue weighted by Gasteiger charge is 2.17. The molecule has 3 heterocycles. The number of pyridine rings is 1. The summed E-state index contributed by atoms with van der Waals surface area (Å²) in [7, 11) is 0. The maximum absolute atomic E-state index is 4.83. The molecule has 1 aliphatic heterocycles. The van der Waals surface area contributed by atoms with Gasteiger partial charge in [0.25, 0.3) is 0 Å². The van der Waals surface area contributed by atoms with E-state index in [0.29, 0.717) is 0 Å². The lowest BCUT2D eigenvalue weighted by Gasteiger charge is -2.20. The third-order valence-corrected chi connectivity index (χ3v) is 5.48. The van der Waals surface area contributed by atoms with Gasteiger partial charge in [-0.25, -0.2) is 9.67 Å². The van der Waals surface area contributed by atoms with Crippen molar-refractivity contribution in [1.29, 1.82) is 0 Å². The van der Waals surface area contributed by atoms with Crippen LogP contribution in [0.3, 0.4) is 0 Å². The first-order valence-corrected chi connectivity index (χ1v) is 9.80. The third kappa shape index (κ3) is 3.08. The van der Waals surface area contributed by atoms with Crippen LogP contribution < -0.4 is 0 Å². The van der Waals surface area contributed by atoms with E-state index in [2.05, 4.69) is 51.6 Å². The summed E-state index contributed by atoms with van der Waals surface area (Å²) >= 11 is 0. The number of rotatable bonds is 3. The molecule has 136 valence electrons. The van der Waals surface area contributed by atoms with Gasteiger partial charge in [0.1, 0.15) is 0 Å². The fourth-order valence-electron chi connectivity index (χ4n) is 4.12. The first kappa shape index (κ1) is 16.4. The quantitative estimate of drug-likeness (QED) is 0.512. The Kier molecular flexibility index (Phi) is 4.30. The van der Waals surface area contributed by atoms with Gasteiger partial charge in [0.2, 0.25) is 0 Å². The second-order valence-corrected chi connectivity index (χ2v) is 7.32. The van der Waals surface area contributed by atoms with E-state index < -0.39 is 0 Å². The number of hydrogen-bond acceptors (Lipinski definition) is 4. The van der Waals surface area contributed by atoms with Gasteiger partial charge in [0.05, 0.1) is 28.6 Å². The summed E-state index contributed by atoms with van der Waals surface area (Å²) in [5, 5.41) is 11.0. The molecule has 0 amide bonds. The van der Waals surface area contributed by atoms with E-state index in [4.69, 9.17) is 4.98 Å². The fourth-order valence-corrected chi connectivity index (χ4v) is 4.12. The van der Waals surface area contributed by atoms with Crippen LogP contribution in [-0.2, 0) is 6.54 Å². The van der Waals surface area contributed by atoms with Crippen LogP contribution in [0.15, 0.2) is 54.7 Å². The molecule has 5 heteroatoms. The molecule has 2 aromatic heterocycles. The van der Waals surface area contributed by atoms with Crippen molar-refractivity contribution in [1.82, 2.24) is 24.9 Å². The molecule has 5 nitrogen and oxygen atoms in total. The van der Waals surface area contributed by atoms with Gasteiger partial charge in [-0.2, -0.15) is 0 Å². The summed E-state index contributed by atoms with van der Waals surface area (Å²) in [4.78, 5) is 7.37. The van der Waals surface area contributed by atoms with E-state index in [1.54, 1.807) is 0 Å². The van der Waals surface area contributed by atoms with Crippen molar-refractivity contribution in [2.75, 3.05) is 13.1 Å². The predicted molar refractivity (Wildman–Crippen MR) is 108 cm³/mol. The Hall–Kier alpha value is -2.79. The molecule has 0 radical (unpaired) electrons. The predicted octanol–water partition coefficient (Wildman–Crippen LogP) is 4.34. The lowest BCUT2D eigenvalue weighted by atomic mass is 10.1. The van der Waals surface area contributed by atoms with Crippen LogP contribution in [0, 0.1) is 0 Å². The van der Waals surface area contributed by atoms with Crippen LogP contribution in [-0.4, -0.2) is 38.0 Å². The summed E-state index contributed by atoms with van der Waals surface area (Å²) in [5.41, 5.74) is 4.20. The molecule has 0 N–H and O–H groups in total. The third-order valence-electron chi connectivity index (χ3n) is 5.48. The van der Waals surface area contributed by atoms with Crippen LogP contribution in [0.2, 0.25) is 0 Å². The van der Waals surface area contributed by atoms with E-state index in [1.807, 2.05) is 23.0 Å². The van der Waals surface area contributed by atoms with Crippen LogP contribution >= 0.6 is 0 Å². The maximum Gasteiger partial charge on any atom is 0.0855 e. The minimum atomic E-state index is 0.887. The Labute approximate surface area is 158 Å². The summed E-state index contributed by atoms with van der Waals surface area (Å²) in [6.07, 6.45) is 7.15. The number of likely N-dealkylation sites (tertiary alicyclic amines) is 1. The van der Waals surface area contributed by atoms with Crippen molar-refractivity contribution in [3.63, 3.8) is 0 Å². The highest BCUT2D eigenvalue weighted by molar-refractivity contribution is 6.03. The van der Waals surface area contributed by atoms with Gasteiger partial charge < -0.3 is 0 Å². The molecule has 0 saturated carbocycles. The topological polar surface area (TPSA) is 46.8 Å². The number of fused-ring (bicyclic) bond motifs is 2. The van der Waals surface area contributed by atoms with Crippen LogP contribution in [0.4, 0.5) is 0 Å². The van der Waals surface area contributed by atoms with Crippen LogP contribution in [0.5, 0.6) is 0 Å². The SMILES string of the molecule is c1ccc2c(-n3nncc3CN3CCCCCC3)c3ccccc3nc2c1.